The summed E-state index contributed by atoms with van der Waals surface area (Å²) in [7, 11) is -3.66. The third-order valence-electron chi connectivity index (χ3n) is 2.16. The molecule has 0 atom stereocenters. The molecule has 0 fully saturated rings. The predicted molar refractivity (Wildman–Crippen MR) is 67.7 cm³/mol. The maximum atomic E-state index is 12.0. The Balaban J connectivity index is 2.24. The lowest BCUT2D eigenvalue weighted by Crippen LogP contribution is -2.12. The third-order valence-corrected chi connectivity index (χ3v) is 5.00. The van der Waals surface area contributed by atoms with Crippen molar-refractivity contribution in [2.75, 3.05) is 4.72 Å². The second-order valence-corrected chi connectivity index (χ2v) is 6.39. The number of nitrogens with one attached hydrogen (secondary N) is 1. The van der Waals surface area contributed by atoms with Crippen LogP contribution in [0.15, 0.2) is 28.6 Å². The molecule has 0 bridgehead atoms. The fourth-order valence-electron chi connectivity index (χ4n) is 1.30. The molecule has 2 heterocycles. The SMILES string of the molecule is CCn1ccc(NS(=O)(=O)c2ccc(C#N)s2)n1. The summed E-state index contributed by atoms with van der Waals surface area (Å²) in [4.78, 5) is 0.356. The predicted octanol–water partition coefficient (Wildman–Crippen LogP) is 1.64. The number of nitrogens with zero attached hydrogens (tertiary/aromatic N) is 3. The summed E-state index contributed by atoms with van der Waals surface area (Å²) in [6.45, 7) is 2.57. The van der Waals surface area contributed by atoms with Gasteiger partial charge in [-0.15, -0.1) is 11.3 Å². The van der Waals surface area contributed by atoms with Crippen molar-refractivity contribution in [1.29, 1.82) is 5.26 Å². The summed E-state index contributed by atoms with van der Waals surface area (Å²) in [5.41, 5.74) is 0. The molecule has 0 saturated carbocycles. The van der Waals surface area contributed by atoms with Gasteiger partial charge in [0, 0.05) is 18.8 Å². The van der Waals surface area contributed by atoms with E-state index in [2.05, 4.69) is 9.82 Å². The van der Waals surface area contributed by atoms with E-state index >= 15 is 0 Å². The third kappa shape index (κ3) is 2.52. The molecule has 0 aromatic carbocycles. The van der Waals surface area contributed by atoms with Crippen LogP contribution in [-0.4, -0.2) is 18.2 Å². The molecule has 0 aliphatic heterocycles. The minimum atomic E-state index is -3.66. The van der Waals surface area contributed by atoms with Gasteiger partial charge in [-0.1, -0.05) is 0 Å². The zero-order chi connectivity index (χ0) is 13.2. The van der Waals surface area contributed by atoms with E-state index in [1.54, 1.807) is 16.9 Å². The van der Waals surface area contributed by atoms with Crippen LogP contribution in [0.4, 0.5) is 5.82 Å². The van der Waals surface area contributed by atoms with Gasteiger partial charge in [-0.2, -0.15) is 10.4 Å². The first kappa shape index (κ1) is 12.6. The van der Waals surface area contributed by atoms with E-state index in [0.717, 1.165) is 11.3 Å². The summed E-state index contributed by atoms with van der Waals surface area (Å²) in [6.07, 6.45) is 1.69. The van der Waals surface area contributed by atoms with E-state index < -0.39 is 10.0 Å². The molecule has 0 radical (unpaired) electrons. The van der Waals surface area contributed by atoms with Gasteiger partial charge < -0.3 is 0 Å². The first-order valence-corrected chi connectivity index (χ1v) is 7.41. The van der Waals surface area contributed by atoms with Crippen LogP contribution in [0.5, 0.6) is 0 Å². The van der Waals surface area contributed by atoms with Gasteiger partial charge in [-0.25, -0.2) is 8.42 Å². The number of rotatable bonds is 4. The largest absolute Gasteiger partial charge is 0.272 e. The van der Waals surface area contributed by atoms with Crippen LogP contribution in [0.25, 0.3) is 0 Å². The molecule has 8 heteroatoms. The molecule has 0 unspecified atom stereocenters. The van der Waals surface area contributed by atoms with E-state index in [9.17, 15) is 8.42 Å². The molecule has 18 heavy (non-hydrogen) atoms. The van der Waals surface area contributed by atoms with Crippen molar-refractivity contribution in [3.63, 3.8) is 0 Å². The van der Waals surface area contributed by atoms with Crippen molar-refractivity contribution < 1.29 is 8.42 Å². The maximum Gasteiger partial charge on any atom is 0.272 e. The highest BCUT2D eigenvalue weighted by molar-refractivity contribution is 7.94. The van der Waals surface area contributed by atoms with E-state index in [1.165, 1.54) is 12.1 Å². The minimum Gasteiger partial charge on any atom is -0.271 e. The van der Waals surface area contributed by atoms with Crippen molar-refractivity contribution in [1.82, 2.24) is 9.78 Å². The number of hydrogen-bond donors (Lipinski definition) is 1. The fraction of sp³-hybridized carbons (Fsp3) is 0.200. The van der Waals surface area contributed by atoms with Crippen molar-refractivity contribution in [2.45, 2.75) is 17.7 Å². The van der Waals surface area contributed by atoms with Crippen LogP contribution in [0, 0.1) is 11.3 Å². The standard InChI is InChI=1S/C10H10N4O2S2/c1-2-14-6-5-9(12-14)13-18(15,16)10-4-3-8(7-11)17-10/h3-6H,2H2,1H3,(H,12,13). The average molecular weight is 282 g/mol. The molecule has 0 spiro atoms. The topological polar surface area (TPSA) is 87.8 Å². The molecule has 0 aliphatic carbocycles. The van der Waals surface area contributed by atoms with Gasteiger partial charge in [0.15, 0.2) is 5.82 Å². The van der Waals surface area contributed by atoms with E-state index in [4.69, 9.17) is 5.26 Å². The number of aryl methyl sites for hydroxylation is 1. The first-order valence-electron chi connectivity index (χ1n) is 5.11. The second kappa shape index (κ2) is 4.80. The van der Waals surface area contributed by atoms with Crippen molar-refractivity contribution in [3.8, 4) is 6.07 Å². The first-order chi connectivity index (χ1) is 8.55. The van der Waals surface area contributed by atoms with E-state index in [1.807, 2.05) is 13.0 Å². The zero-order valence-electron chi connectivity index (χ0n) is 9.49. The Morgan fingerprint density at radius 3 is 2.83 bits per heavy atom. The fourth-order valence-corrected chi connectivity index (χ4v) is 3.40. The van der Waals surface area contributed by atoms with Crippen LogP contribution >= 0.6 is 11.3 Å². The molecule has 0 aliphatic rings. The van der Waals surface area contributed by atoms with Crippen molar-refractivity contribution >= 4 is 27.2 Å². The van der Waals surface area contributed by atoms with Crippen molar-refractivity contribution in [3.05, 3.63) is 29.3 Å². The summed E-state index contributed by atoms with van der Waals surface area (Å²) in [6, 6.07) is 6.37. The van der Waals surface area contributed by atoms with Crippen molar-refractivity contribution in [2.24, 2.45) is 0 Å². The molecular formula is C10H10N4O2S2. The van der Waals surface area contributed by atoms with Gasteiger partial charge >= 0.3 is 0 Å². The summed E-state index contributed by atoms with van der Waals surface area (Å²) >= 11 is 0.925. The van der Waals surface area contributed by atoms with Crippen LogP contribution < -0.4 is 4.72 Å². The number of nitriles is 1. The minimum absolute atomic E-state index is 0.102. The summed E-state index contributed by atoms with van der Waals surface area (Å²) in [5, 5.41) is 12.7. The Hall–Kier alpha value is -1.85. The molecule has 1 N–H and O–H groups in total. The highest BCUT2D eigenvalue weighted by atomic mass is 32.2. The Kier molecular flexibility index (Phi) is 3.36. The van der Waals surface area contributed by atoms with E-state index in [0.29, 0.717) is 11.4 Å². The normalized spacial score (nSPS) is 11.1. The van der Waals surface area contributed by atoms with Gasteiger partial charge in [-0.05, 0) is 19.1 Å². The summed E-state index contributed by atoms with van der Waals surface area (Å²) < 4.78 is 28.0. The van der Waals surface area contributed by atoms with Gasteiger partial charge in [0.05, 0.1) is 0 Å². The Morgan fingerprint density at radius 1 is 1.50 bits per heavy atom. The number of hydrogen-bond acceptors (Lipinski definition) is 5. The number of sulfonamides is 1. The van der Waals surface area contributed by atoms with Gasteiger partial charge in [0.25, 0.3) is 10.0 Å². The molecule has 2 aromatic rings. The summed E-state index contributed by atoms with van der Waals surface area (Å²) in [5.74, 6) is 0.267. The average Bonchev–Trinajstić information content (AvgIpc) is 2.96. The highest BCUT2D eigenvalue weighted by Crippen LogP contribution is 2.22. The number of thiophene rings is 1. The molecule has 2 aromatic heterocycles. The Labute approximate surface area is 109 Å². The van der Waals surface area contributed by atoms with Gasteiger partial charge in [-0.3, -0.25) is 9.40 Å². The molecule has 0 amide bonds. The van der Waals surface area contributed by atoms with Gasteiger partial charge in [0.2, 0.25) is 0 Å². The molecule has 94 valence electrons. The second-order valence-electron chi connectivity index (χ2n) is 3.39. The van der Waals surface area contributed by atoms with Crippen LogP contribution in [0.2, 0.25) is 0 Å². The quantitative estimate of drug-likeness (QED) is 0.923. The maximum absolute atomic E-state index is 12.0. The van der Waals surface area contributed by atoms with Crippen LogP contribution in [0.1, 0.15) is 11.8 Å². The number of anilines is 1. The molecular weight excluding hydrogens is 272 g/mol. The molecule has 2 rings (SSSR count). The van der Waals surface area contributed by atoms with E-state index in [-0.39, 0.29) is 10.0 Å². The zero-order valence-corrected chi connectivity index (χ0v) is 11.1. The lowest BCUT2D eigenvalue weighted by molar-refractivity contribution is 0.602. The Morgan fingerprint density at radius 2 is 2.28 bits per heavy atom. The lowest BCUT2D eigenvalue weighted by atomic mass is 10.5. The van der Waals surface area contributed by atoms with Crippen LogP contribution in [-0.2, 0) is 16.6 Å². The van der Waals surface area contributed by atoms with Gasteiger partial charge in [0.1, 0.15) is 15.2 Å². The monoisotopic (exact) mass is 282 g/mol. The lowest BCUT2D eigenvalue weighted by Gasteiger charge is -2.02. The van der Waals surface area contributed by atoms with Crippen LogP contribution in [0.3, 0.4) is 0 Å². The Bertz CT molecular complexity index is 694. The molecule has 6 nitrogen and oxygen atoms in total. The highest BCUT2D eigenvalue weighted by Gasteiger charge is 2.18. The number of aromatic nitrogens is 2. The smallest absolute Gasteiger partial charge is 0.271 e. The molecule has 0 saturated heterocycles.